The topological polar surface area (TPSA) is 73.5 Å². The van der Waals surface area contributed by atoms with Gasteiger partial charge < -0.3 is 9.88 Å². The Morgan fingerprint density at radius 3 is 2.89 bits per heavy atom. The Hall–Kier alpha value is -2.02. The van der Waals surface area contributed by atoms with Gasteiger partial charge in [-0.15, -0.1) is 5.10 Å². The lowest BCUT2D eigenvalue weighted by molar-refractivity contribution is 0.320. The zero-order valence-corrected chi connectivity index (χ0v) is 16.3. The summed E-state index contributed by atoms with van der Waals surface area (Å²) in [5, 5.41) is 16.8. The minimum atomic E-state index is 0.194. The summed E-state index contributed by atoms with van der Waals surface area (Å²) in [5.41, 5.74) is 1.48. The predicted molar refractivity (Wildman–Crippen MR) is 104 cm³/mol. The molecule has 2 aromatic heterocycles. The van der Waals surface area contributed by atoms with E-state index in [1.165, 1.54) is 50.5 Å². The molecule has 2 aliphatic carbocycles. The molecule has 0 saturated heterocycles. The molecule has 1 saturated carbocycles. The van der Waals surface area contributed by atoms with E-state index in [-0.39, 0.29) is 6.04 Å². The lowest BCUT2D eigenvalue weighted by Crippen LogP contribution is -2.34. The zero-order chi connectivity index (χ0) is 18.5. The van der Waals surface area contributed by atoms with Gasteiger partial charge in [-0.2, -0.15) is 0 Å². The standard InChI is InChI=1S/C20H31N7/c1-16-7-2-5-10-18(16)19(22-11-6-13-26-14-12-21-15-26)20-23-24-25-27(20)17-8-3-4-9-17/h7,12,14-15,17-19,22H,2-6,8-11,13H2,1H3/t18-,19?/m0/s1. The number of nitrogens with one attached hydrogen (secondary N) is 1. The van der Waals surface area contributed by atoms with E-state index in [9.17, 15) is 0 Å². The number of imidazole rings is 1. The van der Waals surface area contributed by atoms with E-state index >= 15 is 0 Å². The Morgan fingerprint density at radius 1 is 1.22 bits per heavy atom. The molecule has 146 valence electrons. The molecule has 1 N–H and O–H groups in total. The van der Waals surface area contributed by atoms with E-state index in [1.807, 2.05) is 18.7 Å². The van der Waals surface area contributed by atoms with Crippen LogP contribution in [0.1, 0.15) is 76.2 Å². The molecule has 0 amide bonds. The summed E-state index contributed by atoms with van der Waals surface area (Å²) in [6.07, 6.45) is 17.8. The minimum Gasteiger partial charge on any atom is -0.337 e. The van der Waals surface area contributed by atoms with Crippen LogP contribution in [0.5, 0.6) is 0 Å². The maximum Gasteiger partial charge on any atom is 0.169 e. The Labute approximate surface area is 161 Å². The molecule has 0 spiro atoms. The second-order valence-corrected chi connectivity index (χ2v) is 7.99. The molecule has 2 atom stereocenters. The molecule has 0 aliphatic heterocycles. The van der Waals surface area contributed by atoms with Crippen LogP contribution in [-0.2, 0) is 6.54 Å². The number of aryl methyl sites for hydroxylation is 1. The molecule has 2 aromatic rings. The van der Waals surface area contributed by atoms with Gasteiger partial charge in [-0.3, -0.25) is 0 Å². The van der Waals surface area contributed by atoms with Crippen molar-refractivity contribution in [1.29, 1.82) is 0 Å². The van der Waals surface area contributed by atoms with E-state index in [2.05, 4.69) is 48.1 Å². The normalized spacial score (nSPS) is 22.1. The molecule has 7 nitrogen and oxygen atoms in total. The highest BCUT2D eigenvalue weighted by Gasteiger charge is 2.32. The lowest BCUT2D eigenvalue weighted by atomic mass is 9.82. The molecule has 1 fully saturated rings. The Kier molecular flexibility index (Phi) is 5.97. The van der Waals surface area contributed by atoms with Crippen LogP contribution in [0.15, 0.2) is 30.4 Å². The van der Waals surface area contributed by atoms with E-state index in [1.54, 1.807) is 0 Å². The first-order valence-corrected chi connectivity index (χ1v) is 10.5. The van der Waals surface area contributed by atoms with Crippen molar-refractivity contribution < 1.29 is 0 Å². The van der Waals surface area contributed by atoms with Crippen LogP contribution >= 0.6 is 0 Å². The van der Waals surface area contributed by atoms with Gasteiger partial charge in [0.05, 0.1) is 18.4 Å². The van der Waals surface area contributed by atoms with Crippen LogP contribution in [0.3, 0.4) is 0 Å². The van der Waals surface area contributed by atoms with Gasteiger partial charge in [0.15, 0.2) is 5.82 Å². The van der Waals surface area contributed by atoms with E-state index in [4.69, 9.17) is 0 Å². The first-order chi connectivity index (χ1) is 13.3. The molecule has 1 unspecified atom stereocenters. The Morgan fingerprint density at radius 2 is 2.11 bits per heavy atom. The molecular weight excluding hydrogens is 338 g/mol. The molecule has 2 aliphatic rings. The molecular formula is C20H31N7. The number of hydrogen-bond acceptors (Lipinski definition) is 5. The fourth-order valence-electron chi connectivity index (χ4n) is 4.64. The maximum absolute atomic E-state index is 4.50. The van der Waals surface area contributed by atoms with Gasteiger partial charge in [-0.05, 0) is 62.4 Å². The van der Waals surface area contributed by atoms with Crippen molar-refractivity contribution in [3.63, 3.8) is 0 Å². The van der Waals surface area contributed by atoms with Crippen molar-refractivity contribution >= 4 is 0 Å². The highest BCUT2D eigenvalue weighted by Crippen LogP contribution is 2.37. The number of nitrogens with zero attached hydrogens (tertiary/aromatic N) is 6. The first-order valence-electron chi connectivity index (χ1n) is 10.5. The molecule has 0 bridgehead atoms. The van der Waals surface area contributed by atoms with Crippen molar-refractivity contribution in [2.75, 3.05) is 6.54 Å². The largest absolute Gasteiger partial charge is 0.337 e. The quantitative estimate of drug-likeness (QED) is 0.570. The summed E-state index contributed by atoms with van der Waals surface area (Å²) in [4.78, 5) is 4.12. The van der Waals surface area contributed by atoms with Crippen LogP contribution in [0.2, 0.25) is 0 Å². The second kappa shape index (κ2) is 8.78. The number of tetrazole rings is 1. The monoisotopic (exact) mass is 369 g/mol. The maximum atomic E-state index is 4.50. The van der Waals surface area contributed by atoms with Crippen LogP contribution in [0.4, 0.5) is 0 Å². The molecule has 7 heteroatoms. The van der Waals surface area contributed by atoms with Crippen LogP contribution in [0, 0.1) is 5.92 Å². The van der Waals surface area contributed by atoms with Crippen molar-refractivity contribution in [3.8, 4) is 0 Å². The molecule has 27 heavy (non-hydrogen) atoms. The van der Waals surface area contributed by atoms with Gasteiger partial charge in [0.2, 0.25) is 0 Å². The number of allylic oxidation sites excluding steroid dienone is 1. The van der Waals surface area contributed by atoms with Crippen LogP contribution in [0.25, 0.3) is 0 Å². The average molecular weight is 370 g/mol. The van der Waals surface area contributed by atoms with Gasteiger partial charge in [-0.1, -0.05) is 24.5 Å². The number of hydrogen-bond donors (Lipinski definition) is 1. The fourth-order valence-corrected chi connectivity index (χ4v) is 4.64. The molecule has 4 rings (SSSR count). The van der Waals surface area contributed by atoms with Crippen LogP contribution in [-0.4, -0.2) is 36.3 Å². The Bertz CT molecular complexity index is 727. The summed E-state index contributed by atoms with van der Waals surface area (Å²) in [6, 6.07) is 0.665. The fraction of sp³-hybridized carbons (Fsp3) is 0.700. The van der Waals surface area contributed by atoms with Gasteiger partial charge in [-0.25, -0.2) is 9.67 Å². The molecule has 0 aromatic carbocycles. The van der Waals surface area contributed by atoms with Gasteiger partial charge in [0.25, 0.3) is 0 Å². The highest BCUT2D eigenvalue weighted by molar-refractivity contribution is 5.14. The number of rotatable bonds is 8. The summed E-state index contributed by atoms with van der Waals surface area (Å²) < 4.78 is 4.26. The van der Waals surface area contributed by atoms with Crippen molar-refractivity contribution in [3.05, 3.63) is 36.2 Å². The third kappa shape index (κ3) is 4.29. The summed E-state index contributed by atoms with van der Waals surface area (Å²) >= 11 is 0. The summed E-state index contributed by atoms with van der Waals surface area (Å²) in [7, 11) is 0. The first kappa shape index (κ1) is 18.3. The van der Waals surface area contributed by atoms with Crippen molar-refractivity contribution in [1.82, 2.24) is 35.1 Å². The van der Waals surface area contributed by atoms with E-state index in [0.717, 1.165) is 25.3 Å². The van der Waals surface area contributed by atoms with Crippen molar-refractivity contribution in [2.45, 2.75) is 76.9 Å². The zero-order valence-electron chi connectivity index (χ0n) is 16.3. The Balaban J connectivity index is 1.48. The average Bonchev–Trinajstić information content (AvgIpc) is 3.44. The third-order valence-corrected chi connectivity index (χ3v) is 6.16. The van der Waals surface area contributed by atoms with Gasteiger partial charge in [0.1, 0.15) is 0 Å². The summed E-state index contributed by atoms with van der Waals surface area (Å²) in [6.45, 7) is 4.20. The number of aromatic nitrogens is 6. The lowest BCUT2D eigenvalue weighted by Gasteiger charge is -2.31. The smallest absolute Gasteiger partial charge is 0.169 e. The van der Waals surface area contributed by atoms with E-state index in [0.29, 0.717) is 12.0 Å². The SMILES string of the molecule is CC1=CCCC[C@@H]1C(NCCCn1ccnc1)c1nnnn1C1CCCC1. The predicted octanol–water partition coefficient (Wildman–Crippen LogP) is 3.45. The van der Waals surface area contributed by atoms with E-state index < -0.39 is 0 Å². The third-order valence-electron chi connectivity index (χ3n) is 6.16. The second-order valence-electron chi connectivity index (χ2n) is 7.99. The van der Waals surface area contributed by atoms with Gasteiger partial charge in [0, 0.05) is 24.9 Å². The molecule has 0 radical (unpaired) electrons. The van der Waals surface area contributed by atoms with Gasteiger partial charge >= 0.3 is 0 Å². The molecule has 2 heterocycles. The minimum absolute atomic E-state index is 0.194. The highest BCUT2D eigenvalue weighted by atomic mass is 15.6. The van der Waals surface area contributed by atoms with Crippen LogP contribution < -0.4 is 5.32 Å². The van der Waals surface area contributed by atoms with Crippen molar-refractivity contribution in [2.24, 2.45) is 5.92 Å². The summed E-state index contributed by atoms with van der Waals surface area (Å²) in [5.74, 6) is 1.52.